The molecule has 0 aliphatic rings. The van der Waals surface area contributed by atoms with Gasteiger partial charge in [0.2, 0.25) is 0 Å². The van der Waals surface area contributed by atoms with E-state index < -0.39 is 0 Å². The van der Waals surface area contributed by atoms with Gasteiger partial charge in [-0.1, -0.05) is 24.3 Å². The van der Waals surface area contributed by atoms with Gasteiger partial charge in [-0.05, 0) is 23.9 Å². The quantitative estimate of drug-likeness (QED) is 0.656. The van der Waals surface area contributed by atoms with E-state index >= 15 is 0 Å². The van der Waals surface area contributed by atoms with E-state index in [0.717, 1.165) is 13.0 Å². The Labute approximate surface area is 122 Å². The van der Waals surface area contributed by atoms with E-state index in [1.54, 1.807) is 30.5 Å². The fourth-order valence-electron chi connectivity index (χ4n) is 1.80. The molecular weight excluding hydrogens is 273 g/mol. The van der Waals surface area contributed by atoms with Crippen LogP contribution in [0.4, 0.5) is 4.39 Å². The molecule has 0 amide bonds. The van der Waals surface area contributed by atoms with E-state index in [9.17, 15) is 4.39 Å². The number of hydrogen-bond donors (Lipinski definition) is 2. The highest BCUT2D eigenvalue weighted by atomic mass is 32.1. The van der Waals surface area contributed by atoms with E-state index in [1.165, 1.54) is 10.9 Å². The summed E-state index contributed by atoms with van der Waals surface area (Å²) in [7, 11) is 1.71. The molecule has 3 nitrogen and oxygen atoms in total. The van der Waals surface area contributed by atoms with Crippen LogP contribution in [0.25, 0.3) is 0 Å². The SMILES string of the molecule is CN=C(NCCc1cccs1)NCc1ccccc1F. The van der Waals surface area contributed by atoms with Crippen molar-refractivity contribution >= 4 is 17.3 Å². The Hall–Kier alpha value is -1.88. The van der Waals surface area contributed by atoms with Gasteiger partial charge in [0.15, 0.2) is 5.96 Å². The smallest absolute Gasteiger partial charge is 0.191 e. The van der Waals surface area contributed by atoms with E-state index in [1.807, 2.05) is 12.1 Å². The summed E-state index contributed by atoms with van der Waals surface area (Å²) in [4.78, 5) is 5.46. The Balaban J connectivity index is 1.77. The first-order chi connectivity index (χ1) is 9.79. The molecular formula is C15H18FN3S. The van der Waals surface area contributed by atoms with E-state index in [-0.39, 0.29) is 5.82 Å². The van der Waals surface area contributed by atoms with Crippen molar-refractivity contribution in [3.63, 3.8) is 0 Å². The second-order valence-electron chi connectivity index (χ2n) is 4.27. The Kier molecular flexibility index (Phi) is 5.55. The average Bonchev–Trinajstić information content (AvgIpc) is 2.97. The highest BCUT2D eigenvalue weighted by Gasteiger charge is 2.02. The lowest BCUT2D eigenvalue weighted by Crippen LogP contribution is -2.37. The summed E-state index contributed by atoms with van der Waals surface area (Å²) in [6.45, 7) is 1.23. The number of rotatable bonds is 5. The maximum atomic E-state index is 13.5. The van der Waals surface area contributed by atoms with Gasteiger partial charge in [0.05, 0.1) is 0 Å². The predicted octanol–water partition coefficient (Wildman–Crippen LogP) is 2.79. The van der Waals surface area contributed by atoms with Gasteiger partial charge in [0.25, 0.3) is 0 Å². The predicted molar refractivity (Wildman–Crippen MR) is 82.6 cm³/mol. The Morgan fingerprint density at radius 2 is 2.05 bits per heavy atom. The van der Waals surface area contributed by atoms with Gasteiger partial charge in [-0.2, -0.15) is 0 Å². The second kappa shape index (κ2) is 7.65. The fraction of sp³-hybridized carbons (Fsp3) is 0.267. The zero-order chi connectivity index (χ0) is 14.2. The van der Waals surface area contributed by atoms with Crippen molar-refractivity contribution in [3.05, 3.63) is 58.0 Å². The molecule has 2 aromatic rings. The van der Waals surface area contributed by atoms with Crippen LogP contribution in [0.15, 0.2) is 46.8 Å². The van der Waals surface area contributed by atoms with Crippen LogP contribution in [-0.2, 0) is 13.0 Å². The van der Waals surface area contributed by atoms with Crippen molar-refractivity contribution in [2.45, 2.75) is 13.0 Å². The zero-order valence-electron chi connectivity index (χ0n) is 11.4. The molecule has 2 rings (SSSR count). The van der Waals surface area contributed by atoms with Crippen LogP contribution in [0.2, 0.25) is 0 Å². The van der Waals surface area contributed by atoms with E-state index in [2.05, 4.69) is 27.1 Å². The molecule has 0 bridgehead atoms. The molecule has 0 saturated carbocycles. The molecule has 2 N–H and O–H groups in total. The lowest BCUT2D eigenvalue weighted by molar-refractivity contribution is 0.604. The number of thiophene rings is 1. The number of benzene rings is 1. The Morgan fingerprint density at radius 3 is 2.75 bits per heavy atom. The van der Waals surface area contributed by atoms with E-state index in [0.29, 0.717) is 18.1 Å². The second-order valence-corrected chi connectivity index (χ2v) is 5.31. The summed E-state index contributed by atoms with van der Waals surface area (Å²) in [5, 5.41) is 8.40. The van der Waals surface area contributed by atoms with Crippen molar-refractivity contribution < 1.29 is 4.39 Å². The molecule has 0 radical (unpaired) electrons. The van der Waals surface area contributed by atoms with Gasteiger partial charge in [-0.15, -0.1) is 11.3 Å². The minimum Gasteiger partial charge on any atom is -0.356 e. The number of nitrogens with one attached hydrogen (secondary N) is 2. The third-order valence-electron chi connectivity index (χ3n) is 2.87. The molecule has 0 fully saturated rings. The van der Waals surface area contributed by atoms with Gasteiger partial charge in [0.1, 0.15) is 5.82 Å². The van der Waals surface area contributed by atoms with Crippen molar-refractivity contribution in [1.82, 2.24) is 10.6 Å². The van der Waals surface area contributed by atoms with Crippen molar-refractivity contribution in [1.29, 1.82) is 0 Å². The fourth-order valence-corrected chi connectivity index (χ4v) is 2.51. The van der Waals surface area contributed by atoms with Gasteiger partial charge < -0.3 is 10.6 Å². The lowest BCUT2D eigenvalue weighted by atomic mass is 10.2. The number of aliphatic imine (C=N–C) groups is 1. The van der Waals surface area contributed by atoms with Gasteiger partial charge >= 0.3 is 0 Å². The minimum absolute atomic E-state index is 0.200. The standard InChI is InChI=1S/C15H18FN3S/c1-17-15(18-9-8-13-6-4-10-20-13)19-11-12-5-2-3-7-14(12)16/h2-7,10H,8-9,11H2,1H3,(H2,17,18,19). The van der Waals surface area contributed by atoms with Crippen LogP contribution in [0.1, 0.15) is 10.4 Å². The summed E-state index contributed by atoms with van der Waals surface area (Å²) in [5.74, 6) is 0.485. The van der Waals surface area contributed by atoms with Crippen LogP contribution >= 0.6 is 11.3 Å². The normalized spacial score (nSPS) is 11.4. The third-order valence-corrected chi connectivity index (χ3v) is 3.81. The number of nitrogens with zero attached hydrogens (tertiary/aromatic N) is 1. The third kappa shape index (κ3) is 4.35. The lowest BCUT2D eigenvalue weighted by Gasteiger charge is -2.11. The molecule has 0 saturated heterocycles. The molecule has 106 valence electrons. The molecule has 5 heteroatoms. The summed E-state index contributed by atoms with van der Waals surface area (Å²) in [5.41, 5.74) is 0.633. The number of hydrogen-bond acceptors (Lipinski definition) is 2. The highest BCUT2D eigenvalue weighted by Crippen LogP contribution is 2.08. The zero-order valence-corrected chi connectivity index (χ0v) is 12.2. The van der Waals surface area contributed by atoms with Crippen molar-refractivity contribution in [3.8, 4) is 0 Å². The molecule has 1 aromatic heterocycles. The van der Waals surface area contributed by atoms with Crippen molar-refractivity contribution in [2.75, 3.05) is 13.6 Å². The summed E-state index contributed by atoms with van der Waals surface area (Å²) in [6.07, 6.45) is 0.956. The topological polar surface area (TPSA) is 36.4 Å². The Morgan fingerprint density at radius 1 is 1.20 bits per heavy atom. The van der Waals surface area contributed by atoms with Crippen LogP contribution in [0.3, 0.4) is 0 Å². The molecule has 0 aliphatic carbocycles. The van der Waals surface area contributed by atoms with Crippen LogP contribution < -0.4 is 10.6 Å². The van der Waals surface area contributed by atoms with Gasteiger partial charge in [-0.25, -0.2) is 4.39 Å². The monoisotopic (exact) mass is 291 g/mol. The van der Waals surface area contributed by atoms with Crippen molar-refractivity contribution in [2.24, 2.45) is 4.99 Å². The largest absolute Gasteiger partial charge is 0.356 e. The molecule has 0 aliphatic heterocycles. The molecule has 1 heterocycles. The van der Waals surface area contributed by atoms with Gasteiger partial charge in [0, 0.05) is 30.6 Å². The summed E-state index contributed by atoms with van der Waals surface area (Å²) in [6, 6.07) is 10.9. The number of guanidine groups is 1. The molecule has 0 atom stereocenters. The van der Waals surface area contributed by atoms with Crippen LogP contribution in [-0.4, -0.2) is 19.6 Å². The average molecular weight is 291 g/mol. The molecule has 20 heavy (non-hydrogen) atoms. The van der Waals surface area contributed by atoms with Crippen LogP contribution in [0.5, 0.6) is 0 Å². The molecule has 0 unspecified atom stereocenters. The first kappa shape index (κ1) is 14.5. The first-order valence-electron chi connectivity index (χ1n) is 6.50. The Bertz CT molecular complexity index is 552. The maximum absolute atomic E-state index is 13.5. The van der Waals surface area contributed by atoms with Crippen LogP contribution in [0, 0.1) is 5.82 Å². The molecule has 0 spiro atoms. The maximum Gasteiger partial charge on any atom is 0.191 e. The molecule has 1 aromatic carbocycles. The first-order valence-corrected chi connectivity index (χ1v) is 7.38. The summed E-state index contributed by atoms with van der Waals surface area (Å²) < 4.78 is 13.5. The highest BCUT2D eigenvalue weighted by molar-refractivity contribution is 7.09. The minimum atomic E-state index is -0.200. The number of halogens is 1. The summed E-state index contributed by atoms with van der Waals surface area (Å²) >= 11 is 1.74. The van der Waals surface area contributed by atoms with E-state index in [4.69, 9.17) is 0 Å². The van der Waals surface area contributed by atoms with Gasteiger partial charge in [-0.3, -0.25) is 4.99 Å².